The van der Waals surface area contributed by atoms with Crippen LogP contribution in [0.25, 0.3) is 0 Å². The highest BCUT2D eigenvalue weighted by Gasteiger charge is 2.21. The summed E-state index contributed by atoms with van der Waals surface area (Å²) in [6.45, 7) is 2.00. The molecule has 1 aliphatic heterocycles. The molecule has 110 valence electrons. The van der Waals surface area contributed by atoms with Gasteiger partial charge in [-0.15, -0.1) is 0 Å². The number of carbonyl (C=O) groups excluding carboxylic acids is 1. The molecule has 0 unspecified atom stereocenters. The Morgan fingerprint density at radius 3 is 2.52 bits per heavy atom. The molecule has 2 rings (SSSR count). The van der Waals surface area contributed by atoms with Crippen LogP contribution in [0.2, 0.25) is 0 Å². The Bertz CT molecular complexity index is 557. The van der Waals surface area contributed by atoms with Gasteiger partial charge in [-0.2, -0.15) is 5.26 Å². The van der Waals surface area contributed by atoms with E-state index in [-0.39, 0.29) is 17.6 Å². The van der Waals surface area contributed by atoms with Crippen molar-refractivity contribution >= 4 is 11.6 Å². The molecule has 1 aromatic carbocycles. The number of nitro groups is 1. The molecule has 1 heterocycles. The number of likely N-dealkylation sites (tertiary alicyclic amines) is 1. The molecule has 0 spiro atoms. The number of benzene rings is 1. The van der Waals surface area contributed by atoms with Crippen molar-refractivity contribution < 1.29 is 9.72 Å². The number of hydrogen-bond donors (Lipinski definition) is 1. The monoisotopic (exact) mass is 288 g/mol. The molecule has 0 bridgehead atoms. The van der Waals surface area contributed by atoms with Crippen molar-refractivity contribution in [3.63, 3.8) is 0 Å². The summed E-state index contributed by atoms with van der Waals surface area (Å²) < 4.78 is 0. The zero-order valence-corrected chi connectivity index (χ0v) is 11.5. The van der Waals surface area contributed by atoms with Gasteiger partial charge in [-0.3, -0.25) is 19.8 Å². The lowest BCUT2D eigenvalue weighted by atomic mass is 10.0. The summed E-state index contributed by atoms with van der Waals surface area (Å²) >= 11 is 0. The van der Waals surface area contributed by atoms with Gasteiger partial charge in [0, 0.05) is 36.8 Å². The van der Waals surface area contributed by atoms with Gasteiger partial charge in [0.25, 0.3) is 11.6 Å². The standard InChI is InChI=1S/C14H16N4O3/c15-7-10-17-8-5-12(6-9-17)16-14(19)11-1-3-13(4-2-11)18(20)21/h1-4,12H,5-6,8-10H2,(H,16,19). The summed E-state index contributed by atoms with van der Waals surface area (Å²) in [5.74, 6) is -0.219. The van der Waals surface area contributed by atoms with Crippen molar-refractivity contribution in [1.29, 1.82) is 5.26 Å². The zero-order valence-electron chi connectivity index (χ0n) is 11.5. The van der Waals surface area contributed by atoms with E-state index in [0.717, 1.165) is 25.9 Å². The molecule has 7 nitrogen and oxygen atoms in total. The summed E-state index contributed by atoms with van der Waals surface area (Å²) in [5.41, 5.74) is 0.386. The van der Waals surface area contributed by atoms with E-state index in [9.17, 15) is 14.9 Å². The quantitative estimate of drug-likeness (QED) is 0.511. The molecule has 7 heteroatoms. The van der Waals surface area contributed by atoms with Crippen molar-refractivity contribution in [1.82, 2.24) is 10.2 Å². The number of amides is 1. The van der Waals surface area contributed by atoms with Crippen molar-refractivity contribution in [2.24, 2.45) is 0 Å². The molecule has 1 amide bonds. The molecule has 0 radical (unpaired) electrons. The number of hydrogen-bond acceptors (Lipinski definition) is 5. The van der Waals surface area contributed by atoms with E-state index < -0.39 is 4.92 Å². The highest BCUT2D eigenvalue weighted by atomic mass is 16.6. The average molecular weight is 288 g/mol. The largest absolute Gasteiger partial charge is 0.349 e. The third-order valence-electron chi connectivity index (χ3n) is 3.56. The number of piperidine rings is 1. The van der Waals surface area contributed by atoms with E-state index in [4.69, 9.17) is 5.26 Å². The Hall–Kier alpha value is -2.46. The van der Waals surface area contributed by atoms with Crippen LogP contribution in [0.1, 0.15) is 23.2 Å². The molecule has 1 N–H and O–H groups in total. The number of carbonyl (C=O) groups is 1. The smallest absolute Gasteiger partial charge is 0.269 e. The van der Waals surface area contributed by atoms with Gasteiger partial charge in [0.15, 0.2) is 0 Å². The van der Waals surface area contributed by atoms with Crippen LogP contribution in [-0.4, -0.2) is 41.4 Å². The Balaban J connectivity index is 1.87. The van der Waals surface area contributed by atoms with E-state index in [1.807, 2.05) is 0 Å². The fraction of sp³-hybridized carbons (Fsp3) is 0.429. The second kappa shape index (κ2) is 6.81. The van der Waals surface area contributed by atoms with Gasteiger partial charge in [-0.05, 0) is 25.0 Å². The fourth-order valence-electron chi connectivity index (χ4n) is 2.34. The summed E-state index contributed by atoms with van der Waals surface area (Å²) in [5, 5.41) is 22.1. The van der Waals surface area contributed by atoms with Gasteiger partial charge in [0.2, 0.25) is 0 Å². The van der Waals surface area contributed by atoms with Gasteiger partial charge >= 0.3 is 0 Å². The summed E-state index contributed by atoms with van der Waals surface area (Å²) in [6, 6.07) is 7.76. The number of nitrogens with zero attached hydrogens (tertiary/aromatic N) is 3. The number of non-ortho nitro benzene ring substituents is 1. The molecule has 0 aromatic heterocycles. The first-order valence-electron chi connectivity index (χ1n) is 6.75. The second-order valence-electron chi connectivity index (χ2n) is 4.99. The number of nitrogens with one attached hydrogen (secondary N) is 1. The minimum atomic E-state index is -0.493. The topological polar surface area (TPSA) is 99.3 Å². The van der Waals surface area contributed by atoms with E-state index in [1.165, 1.54) is 24.3 Å². The first-order chi connectivity index (χ1) is 10.1. The lowest BCUT2D eigenvalue weighted by Gasteiger charge is -2.30. The summed E-state index contributed by atoms with van der Waals surface area (Å²) in [7, 11) is 0. The van der Waals surface area contributed by atoms with Crippen LogP contribution in [0.5, 0.6) is 0 Å². The summed E-state index contributed by atoms with van der Waals surface area (Å²) in [4.78, 5) is 24.2. The maximum absolute atomic E-state index is 12.1. The van der Waals surface area contributed by atoms with Gasteiger partial charge in [-0.1, -0.05) is 0 Å². The van der Waals surface area contributed by atoms with E-state index >= 15 is 0 Å². The van der Waals surface area contributed by atoms with Crippen molar-refractivity contribution in [3.05, 3.63) is 39.9 Å². The third-order valence-corrected chi connectivity index (χ3v) is 3.56. The van der Waals surface area contributed by atoms with Gasteiger partial charge in [0.05, 0.1) is 17.5 Å². The highest BCUT2D eigenvalue weighted by Crippen LogP contribution is 2.14. The Morgan fingerprint density at radius 1 is 1.38 bits per heavy atom. The number of nitriles is 1. The third kappa shape index (κ3) is 4.00. The predicted octanol–water partition coefficient (Wildman–Crippen LogP) is 1.31. The first kappa shape index (κ1) is 14.9. The average Bonchev–Trinajstić information content (AvgIpc) is 2.49. The number of nitro benzene ring substituents is 1. The molecule has 0 saturated carbocycles. The van der Waals surface area contributed by atoms with Gasteiger partial charge in [0.1, 0.15) is 0 Å². The fourth-order valence-corrected chi connectivity index (χ4v) is 2.34. The second-order valence-corrected chi connectivity index (χ2v) is 4.99. The van der Waals surface area contributed by atoms with Crippen LogP contribution in [-0.2, 0) is 0 Å². The maximum atomic E-state index is 12.1. The van der Waals surface area contributed by atoms with Gasteiger partial charge < -0.3 is 5.32 Å². The molecular weight excluding hydrogens is 272 g/mol. The Labute approximate surface area is 122 Å². The zero-order chi connectivity index (χ0) is 15.2. The van der Waals surface area contributed by atoms with Gasteiger partial charge in [-0.25, -0.2) is 0 Å². The van der Waals surface area contributed by atoms with Crippen LogP contribution < -0.4 is 5.32 Å². The molecular formula is C14H16N4O3. The molecule has 0 aliphatic carbocycles. The van der Waals surface area contributed by atoms with Crippen molar-refractivity contribution in [2.45, 2.75) is 18.9 Å². The molecule has 21 heavy (non-hydrogen) atoms. The molecule has 1 fully saturated rings. The highest BCUT2D eigenvalue weighted by molar-refractivity contribution is 5.94. The van der Waals surface area contributed by atoms with E-state index in [1.54, 1.807) is 0 Å². The van der Waals surface area contributed by atoms with Crippen LogP contribution in [0.4, 0.5) is 5.69 Å². The Kier molecular flexibility index (Phi) is 4.85. The van der Waals surface area contributed by atoms with Crippen LogP contribution in [0.3, 0.4) is 0 Å². The van der Waals surface area contributed by atoms with E-state index in [2.05, 4.69) is 16.3 Å². The van der Waals surface area contributed by atoms with Crippen molar-refractivity contribution in [3.8, 4) is 6.07 Å². The molecule has 0 atom stereocenters. The van der Waals surface area contributed by atoms with E-state index in [0.29, 0.717) is 12.1 Å². The molecule has 1 aromatic rings. The van der Waals surface area contributed by atoms with Crippen LogP contribution in [0.15, 0.2) is 24.3 Å². The lowest BCUT2D eigenvalue weighted by molar-refractivity contribution is -0.384. The van der Waals surface area contributed by atoms with Crippen molar-refractivity contribution in [2.75, 3.05) is 19.6 Å². The van der Waals surface area contributed by atoms with Crippen LogP contribution in [0, 0.1) is 21.4 Å². The summed E-state index contributed by atoms with van der Waals surface area (Å²) in [6.07, 6.45) is 1.61. The van der Waals surface area contributed by atoms with Crippen LogP contribution >= 0.6 is 0 Å². The minimum absolute atomic E-state index is 0.0311. The normalized spacial score (nSPS) is 16.1. The SMILES string of the molecule is N#CCN1CCC(NC(=O)c2ccc([N+](=O)[O-])cc2)CC1. The maximum Gasteiger partial charge on any atom is 0.269 e. The predicted molar refractivity (Wildman–Crippen MR) is 75.6 cm³/mol. The minimum Gasteiger partial charge on any atom is -0.349 e. The number of rotatable bonds is 4. The molecule has 1 aliphatic rings. The first-order valence-corrected chi connectivity index (χ1v) is 6.75. The lowest BCUT2D eigenvalue weighted by Crippen LogP contribution is -2.44. The molecule has 1 saturated heterocycles. The Morgan fingerprint density at radius 2 is 2.00 bits per heavy atom.